The highest BCUT2D eigenvalue weighted by Gasteiger charge is 2.24. The second-order valence-corrected chi connectivity index (χ2v) is 8.12. The van der Waals surface area contributed by atoms with Gasteiger partial charge in [0.05, 0.1) is 11.7 Å². The quantitative estimate of drug-likeness (QED) is 0.351. The SMILES string of the molecule is CCn1nc(C)c(OCc2ccccc2)c1-c1nc(-c2nc(Cl)cc3c2cnn3C)n(C)n1. The van der Waals surface area contributed by atoms with E-state index in [0.29, 0.717) is 41.4 Å². The Kier molecular flexibility index (Phi) is 5.33. The van der Waals surface area contributed by atoms with Gasteiger partial charge in [-0.25, -0.2) is 14.6 Å². The van der Waals surface area contributed by atoms with Crippen LogP contribution in [0.3, 0.4) is 0 Å². The van der Waals surface area contributed by atoms with E-state index in [4.69, 9.17) is 26.4 Å². The van der Waals surface area contributed by atoms with Crippen LogP contribution in [0.15, 0.2) is 42.6 Å². The van der Waals surface area contributed by atoms with Gasteiger partial charge in [0.15, 0.2) is 11.6 Å². The normalized spacial score (nSPS) is 11.4. The standard InChI is InChI=1S/C23H23ClN8O/c1-5-32-20(21(14(2)28-32)33-13-15-9-7-6-8-10-15)22-27-23(31(4)29-22)19-16-12-25-30(3)17(16)11-18(24)26-19/h6-12H,5,13H2,1-4H3. The van der Waals surface area contributed by atoms with Crippen LogP contribution in [0.1, 0.15) is 18.2 Å². The number of aryl methyl sites for hydroxylation is 4. The number of benzene rings is 1. The van der Waals surface area contributed by atoms with Crippen molar-refractivity contribution in [3.05, 3.63) is 59.0 Å². The van der Waals surface area contributed by atoms with Crippen LogP contribution >= 0.6 is 11.6 Å². The molecule has 0 fully saturated rings. The van der Waals surface area contributed by atoms with Crippen LogP contribution in [0, 0.1) is 6.92 Å². The van der Waals surface area contributed by atoms with Gasteiger partial charge in [0.25, 0.3) is 0 Å². The number of fused-ring (bicyclic) bond motifs is 1. The molecule has 10 heteroatoms. The van der Waals surface area contributed by atoms with Crippen LogP contribution in [-0.4, -0.2) is 39.3 Å². The molecule has 4 heterocycles. The maximum absolute atomic E-state index is 6.31. The van der Waals surface area contributed by atoms with Crippen molar-refractivity contribution in [2.75, 3.05) is 0 Å². The van der Waals surface area contributed by atoms with Gasteiger partial charge in [-0.2, -0.15) is 10.2 Å². The lowest BCUT2D eigenvalue weighted by Gasteiger charge is -2.08. The lowest BCUT2D eigenvalue weighted by Crippen LogP contribution is -2.02. The van der Waals surface area contributed by atoms with Gasteiger partial charge in [0.1, 0.15) is 28.8 Å². The Hall–Kier alpha value is -3.72. The molecule has 0 aliphatic carbocycles. The third-order valence-corrected chi connectivity index (χ3v) is 5.69. The van der Waals surface area contributed by atoms with Crippen molar-refractivity contribution < 1.29 is 4.74 Å². The molecular formula is C23H23ClN8O. The monoisotopic (exact) mass is 462 g/mol. The van der Waals surface area contributed by atoms with Crippen molar-refractivity contribution in [2.45, 2.75) is 27.0 Å². The molecule has 0 aliphatic rings. The summed E-state index contributed by atoms with van der Waals surface area (Å²) in [4.78, 5) is 9.38. The molecule has 1 aromatic carbocycles. The highest BCUT2D eigenvalue weighted by molar-refractivity contribution is 6.30. The Bertz CT molecular complexity index is 1450. The van der Waals surface area contributed by atoms with E-state index in [9.17, 15) is 0 Å². The zero-order valence-electron chi connectivity index (χ0n) is 18.8. The summed E-state index contributed by atoms with van der Waals surface area (Å²) in [6, 6.07) is 11.8. The number of hydrogen-bond donors (Lipinski definition) is 0. The predicted octanol–water partition coefficient (Wildman–Crippen LogP) is 4.19. The molecule has 0 N–H and O–H groups in total. The highest BCUT2D eigenvalue weighted by Crippen LogP contribution is 2.34. The summed E-state index contributed by atoms with van der Waals surface area (Å²) in [5.74, 6) is 1.77. The average molecular weight is 463 g/mol. The molecule has 0 unspecified atom stereocenters. The van der Waals surface area contributed by atoms with Crippen molar-refractivity contribution in [3.63, 3.8) is 0 Å². The number of halogens is 1. The maximum atomic E-state index is 6.31. The summed E-state index contributed by atoms with van der Waals surface area (Å²) in [6.07, 6.45) is 1.76. The van der Waals surface area contributed by atoms with Gasteiger partial charge in [0.2, 0.25) is 5.82 Å². The summed E-state index contributed by atoms with van der Waals surface area (Å²) in [7, 11) is 3.70. The van der Waals surface area contributed by atoms with E-state index in [2.05, 4.69) is 15.2 Å². The first-order chi connectivity index (χ1) is 16.0. The van der Waals surface area contributed by atoms with Gasteiger partial charge in [-0.05, 0) is 19.4 Å². The molecule has 0 aliphatic heterocycles. The van der Waals surface area contributed by atoms with Crippen molar-refractivity contribution in [1.82, 2.24) is 39.3 Å². The topological polar surface area (TPSA) is 88.5 Å². The summed E-state index contributed by atoms with van der Waals surface area (Å²) in [5.41, 5.74) is 4.09. The summed E-state index contributed by atoms with van der Waals surface area (Å²) in [6.45, 7) is 5.03. The highest BCUT2D eigenvalue weighted by atomic mass is 35.5. The van der Waals surface area contributed by atoms with Crippen molar-refractivity contribution in [3.8, 4) is 28.8 Å². The lowest BCUT2D eigenvalue weighted by atomic mass is 10.2. The zero-order valence-corrected chi connectivity index (χ0v) is 19.6. The van der Waals surface area contributed by atoms with Gasteiger partial charge in [-0.15, -0.1) is 5.10 Å². The third-order valence-electron chi connectivity index (χ3n) is 5.50. The fourth-order valence-electron chi connectivity index (χ4n) is 3.89. The molecule has 0 atom stereocenters. The van der Waals surface area contributed by atoms with E-state index in [1.54, 1.807) is 21.6 Å². The van der Waals surface area contributed by atoms with E-state index >= 15 is 0 Å². The number of aromatic nitrogens is 8. The first-order valence-electron chi connectivity index (χ1n) is 10.6. The third kappa shape index (κ3) is 3.74. The van der Waals surface area contributed by atoms with Crippen LogP contribution in [0.5, 0.6) is 5.75 Å². The minimum atomic E-state index is 0.368. The summed E-state index contributed by atoms with van der Waals surface area (Å²) >= 11 is 6.31. The van der Waals surface area contributed by atoms with Gasteiger partial charge in [-0.1, -0.05) is 41.9 Å². The second-order valence-electron chi connectivity index (χ2n) is 7.73. The number of pyridine rings is 1. The molecule has 33 heavy (non-hydrogen) atoms. The zero-order chi connectivity index (χ0) is 23.1. The van der Waals surface area contributed by atoms with Crippen molar-refractivity contribution in [1.29, 1.82) is 0 Å². The molecule has 0 radical (unpaired) electrons. The molecule has 4 aromatic heterocycles. The van der Waals surface area contributed by atoms with E-state index in [0.717, 1.165) is 27.9 Å². The molecular weight excluding hydrogens is 440 g/mol. The molecule has 5 rings (SSSR count). The molecule has 5 aromatic rings. The molecule has 0 saturated carbocycles. The first kappa shape index (κ1) is 21.1. The number of nitrogens with zero attached hydrogens (tertiary/aromatic N) is 8. The minimum absolute atomic E-state index is 0.368. The first-order valence-corrected chi connectivity index (χ1v) is 11.0. The van der Waals surface area contributed by atoms with E-state index in [1.165, 1.54) is 0 Å². The van der Waals surface area contributed by atoms with E-state index in [1.807, 2.05) is 63.0 Å². The maximum Gasteiger partial charge on any atom is 0.203 e. The number of hydrogen-bond acceptors (Lipinski definition) is 6. The van der Waals surface area contributed by atoms with Gasteiger partial charge in [0, 0.05) is 32.1 Å². The largest absolute Gasteiger partial charge is 0.485 e. The fraction of sp³-hybridized carbons (Fsp3) is 0.261. The van der Waals surface area contributed by atoms with Crippen molar-refractivity contribution >= 4 is 22.5 Å². The van der Waals surface area contributed by atoms with E-state index < -0.39 is 0 Å². The van der Waals surface area contributed by atoms with Crippen LogP contribution in [0.2, 0.25) is 5.15 Å². The minimum Gasteiger partial charge on any atom is -0.485 e. The fourth-order valence-corrected chi connectivity index (χ4v) is 4.08. The number of rotatable bonds is 6. The smallest absolute Gasteiger partial charge is 0.203 e. The molecule has 168 valence electrons. The van der Waals surface area contributed by atoms with Crippen LogP contribution in [-0.2, 0) is 27.2 Å². The van der Waals surface area contributed by atoms with Crippen molar-refractivity contribution in [2.24, 2.45) is 14.1 Å². The Labute approximate surface area is 195 Å². The van der Waals surface area contributed by atoms with E-state index in [-0.39, 0.29) is 0 Å². The van der Waals surface area contributed by atoms with Gasteiger partial charge < -0.3 is 4.74 Å². The van der Waals surface area contributed by atoms with Gasteiger partial charge in [-0.3, -0.25) is 9.36 Å². The van der Waals surface area contributed by atoms with Crippen LogP contribution in [0.25, 0.3) is 33.9 Å². The second kappa shape index (κ2) is 8.32. The molecule has 0 saturated heterocycles. The predicted molar refractivity (Wildman–Crippen MR) is 126 cm³/mol. The van der Waals surface area contributed by atoms with Crippen LogP contribution in [0.4, 0.5) is 0 Å². The molecule has 0 bridgehead atoms. The molecule has 0 spiro atoms. The Morgan fingerprint density at radius 1 is 1.03 bits per heavy atom. The Balaban J connectivity index is 1.60. The Morgan fingerprint density at radius 3 is 2.58 bits per heavy atom. The number of ether oxygens (including phenoxy) is 1. The molecule has 9 nitrogen and oxygen atoms in total. The lowest BCUT2D eigenvalue weighted by molar-refractivity contribution is 0.305. The summed E-state index contributed by atoms with van der Waals surface area (Å²) in [5, 5.41) is 14.9. The van der Waals surface area contributed by atoms with Crippen LogP contribution < -0.4 is 4.74 Å². The summed E-state index contributed by atoms with van der Waals surface area (Å²) < 4.78 is 11.5. The van der Waals surface area contributed by atoms with Gasteiger partial charge >= 0.3 is 0 Å². The molecule has 0 amide bonds. The Morgan fingerprint density at radius 2 is 1.82 bits per heavy atom. The average Bonchev–Trinajstić information content (AvgIpc) is 3.47.